The van der Waals surface area contributed by atoms with Crippen LogP contribution < -0.4 is 14.2 Å². The van der Waals surface area contributed by atoms with Crippen LogP contribution >= 0.6 is 0 Å². The lowest BCUT2D eigenvalue weighted by Gasteiger charge is -2.15. The van der Waals surface area contributed by atoms with Crippen LogP contribution in [-0.2, 0) is 11.3 Å². The van der Waals surface area contributed by atoms with Crippen LogP contribution in [0.1, 0.15) is 23.6 Å². The van der Waals surface area contributed by atoms with E-state index in [1.54, 1.807) is 21.3 Å². The van der Waals surface area contributed by atoms with Crippen molar-refractivity contribution < 1.29 is 18.9 Å². The molecule has 0 unspecified atom stereocenters. The standard InChI is InChI=1S/C21H23NO4/c1-5-26-21-13-16(7-9-20(21)25-4)18(10-11-22)15-6-8-19(24-3)17(12-15)14-23-2/h6-10,12-13H,5,14H2,1-4H3/b18-10-. The minimum Gasteiger partial charge on any atom is -0.496 e. The summed E-state index contributed by atoms with van der Waals surface area (Å²) < 4.78 is 21.6. The Bertz CT molecular complexity index is 762. The quantitative estimate of drug-likeness (QED) is 0.666. The number of benzene rings is 2. The molecule has 0 saturated carbocycles. The van der Waals surface area contributed by atoms with Gasteiger partial charge in [0, 0.05) is 18.7 Å². The van der Waals surface area contributed by atoms with Crippen LogP contribution in [0.5, 0.6) is 17.2 Å². The fraction of sp³-hybridized carbons (Fsp3) is 0.286. The Labute approximate surface area is 154 Å². The molecule has 0 bridgehead atoms. The number of hydrogen-bond donors (Lipinski definition) is 0. The molecule has 0 atom stereocenters. The van der Waals surface area contributed by atoms with Gasteiger partial charge in [-0.3, -0.25) is 0 Å². The van der Waals surface area contributed by atoms with Crippen molar-refractivity contribution in [2.75, 3.05) is 27.9 Å². The number of hydrogen-bond acceptors (Lipinski definition) is 5. The highest BCUT2D eigenvalue weighted by Crippen LogP contribution is 2.34. The minimum absolute atomic E-state index is 0.420. The molecule has 0 amide bonds. The van der Waals surface area contributed by atoms with Crippen molar-refractivity contribution in [3.63, 3.8) is 0 Å². The van der Waals surface area contributed by atoms with E-state index in [9.17, 15) is 5.26 Å². The van der Waals surface area contributed by atoms with Gasteiger partial charge in [0.05, 0.1) is 33.5 Å². The predicted octanol–water partition coefficient (Wildman–Crippen LogP) is 4.20. The predicted molar refractivity (Wildman–Crippen MR) is 101 cm³/mol. The molecule has 136 valence electrons. The maximum atomic E-state index is 9.27. The van der Waals surface area contributed by atoms with Crippen LogP contribution in [0.25, 0.3) is 5.57 Å². The Balaban J connectivity index is 2.54. The summed E-state index contributed by atoms with van der Waals surface area (Å²) >= 11 is 0. The zero-order chi connectivity index (χ0) is 18.9. The van der Waals surface area contributed by atoms with Gasteiger partial charge in [-0.2, -0.15) is 5.26 Å². The number of allylic oxidation sites excluding steroid dienone is 1. The molecular weight excluding hydrogens is 330 g/mol. The van der Waals surface area contributed by atoms with Gasteiger partial charge < -0.3 is 18.9 Å². The summed E-state index contributed by atoms with van der Waals surface area (Å²) in [7, 11) is 4.86. The Morgan fingerprint density at radius 1 is 0.962 bits per heavy atom. The highest BCUT2D eigenvalue weighted by molar-refractivity contribution is 5.82. The average molecular weight is 353 g/mol. The van der Waals surface area contributed by atoms with Gasteiger partial charge in [-0.05, 0) is 47.9 Å². The molecule has 0 N–H and O–H groups in total. The molecule has 0 aliphatic heterocycles. The van der Waals surface area contributed by atoms with E-state index in [4.69, 9.17) is 18.9 Å². The molecule has 0 saturated heterocycles. The van der Waals surface area contributed by atoms with Crippen molar-refractivity contribution in [1.82, 2.24) is 0 Å². The summed E-state index contributed by atoms with van der Waals surface area (Å²) in [6, 6.07) is 13.5. The molecule has 0 spiro atoms. The van der Waals surface area contributed by atoms with E-state index < -0.39 is 0 Å². The summed E-state index contributed by atoms with van der Waals surface area (Å²) in [4.78, 5) is 0. The molecule has 2 rings (SSSR count). The minimum atomic E-state index is 0.420. The molecule has 0 aliphatic carbocycles. The van der Waals surface area contributed by atoms with Crippen LogP contribution in [0, 0.1) is 11.3 Å². The van der Waals surface area contributed by atoms with Gasteiger partial charge in [0.15, 0.2) is 11.5 Å². The first kappa shape index (κ1) is 19.4. The van der Waals surface area contributed by atoms with Crippen LogP contribution in [0.3, 0.4) is 0 Å². The maximum absolute atomic E-state index is 9.27. The second-order valence-corrected chi connectivity index (χ2v) is 5.45. The Kier molecular flexibility index (Phi) is 7.07. The molecule has 0 aliphatic rings. The van der Waals surface area contributed by atoms with Gasteiger partial charge >= 0.3 is 0 Å². The van der Waals surface area contributed by atoms with Crippen molar-refractivity contribution in [3.05, 3.63) is 59.2 Å². The molecule has 26 heavy (non-hydrogen) atoms. The normalized spacial score (nSPS) is 11.0. The highest BCUT2D eigenvalue weighted by atomic mass is 16.5. The fourth-order valence-electron chi connectivity index (χ4n) is 2.72. The zero-order valence-electron chi connectivity index (χ0n) is 15.5. The van der Waals surface area contributed by atoms with E-state index in [2.05, 4.69) is 6.07 Å². The molecule has 2 aromatic carbocycles. The van der Waals surface area contributed by atoms with Crippen LogP contribution in [0.15, 0.2) is 42.5 Å². The number of methoxy groups -OCH3 is 3. The van der Waals surface area contributed by atoms with E-state index in [-0.39, 0.29) is 0 Å². The molecule has 5 nitrogen and oxygen atoms in total. The lowest BCUT2D eigenvalue weighted by Crippen LogP contribution is -1.99. The first-order valence-electron chi connectivity index (χ1n) is 8.25. The van der Waals surface area contributed by atoms with Crippen molar-refractivity contribution in [1.29, 1.82) is 5.26 Å². The number of nitriles is 1. The molecule has 0 aromatic heterocycles. The Morgan fingerprint density at radius 3 is 2.19 bits per heavy atom. The molecule has 0 radical (unpaired) electrons. The molecular formula is C21H23NO4. The van der Waals surface area contributed by atoms with E-state index in [1.165, 1.54) is 6.08 Å². The van der Waals surface area contributed by atoms with Crippen molar-refractivity contribution in [2.45, 2.75) is 13.5 Å². The molecule has 0 heterocycles. The third-order valence-electron chi connectivity index (χ3n) is 3.87. The fourth-order valence-corrected chi connectivity index (χ4v) is 2.72. The Morgan fingerprint density at radius 2 is 1.62 bits per heavy atom. The van der Waals surface area contributed by atoms with Crippen LogP contribution in [0.4, 0.5) is 0 Å². The van der Waals surface area contributed by atoms with Gasteiger partial charge in [-0.15, -0.1) is 0 Å². The third-order valence-corrected chi connectivity index (χ3v) is 3.87. The van der Waals surface area contributed by atoms with E-state index >= 15 is 0 Å². The first-order valence-corrected chi connectivity index (χ1v) is 8.25. The maximum Gasteiger partial charge on any atom is 0.161 e. The van der Waals surface area contributed by atoms with Crippen molar-refractivity contribution in [3.8, 4) is 23.3 Å². The number of ether oxygens (including phenoxy) is 4. The Hall–Kier alpha value is -2.97. The second-order valence-electron chi connectivity index (χ2n) is 5.45. The van der Waals surface area contributed by atoms with Crippen LogP contribution in [-0.4, -0.2) is 27.9 Å². The lowest BCUT2D eigenvalue weighted by molar-refractivity contribution is 0.181. The van der Waals surface area contributed by atoms with Gasteiger partial charge in [-0.1, -0.05) is 12.1 Å². The summed E-state index contributed by atoms with van der Waals surface area (Å²) in [5.41, 5.74) is 3.46. The topological polar surface area (TPSA) is 60.7 Å². The number of nitrogens with zero attached hydrogens (tertiary/aromatic N) is 1. The lowest BCUT2D eigenvalue weighted by atomic mass is 9.95. The number of rotatable bonds is 8. The zero-order valence-corrected chi connectivity index (χ0v) is 15.5. The SMILES string of the molecule is CCOc1cc(/C(=C\C#N)c2ccc(OC)c(COC)c2)ccc1OC. The summed E-state index contributed by atoms with van der Waals surface area (Å²) in [6.45, 7) is 2.86. The first-order chi connectivity index (χ1) is 12.7. The largest absolute Gasteiger partial charge is 0.496 e. The monoisotopic (exact) mass is 353 g/mol. The summed E-state index contributed by atoms with van der Waals surface area (Å²) in [5, 5.41) is 9.27. The summed E-state index contributed by atoms with van der Waals surface area (Å²) in [5.74, 6) is 2.04. The van der Waals surface area contributed by atoms with Crippen molar-refractivity contribution in [2.24, 2.45) is 0 Å². The average Bonchev–Trinajstić information content (AvgIpc) is 2.66. The van der Waals surface area contributed by atoms with Gasteiger partial charge in [-0.25, -0.2) is 0 Å². The van der Waals surface area contributed by atoms with E-state index in [0.29, 0.717) is 24.7 Å². The third kappa shape index (κ3) is 4.35. The second kappa shape index (κ2) is 9.50. The molecule has 0 fully saturated rings. The van der Waals surface area contributed by atoms with Crippen molar-refractivity contribution >= 4 is 5.57 Å². The van der Waals surface area contributed by atoms with E-state index in [0.717, 1.165) is 28.0 Å². The highest BCUT2D eigenvalue weighted by Gasteiger charge is 2.13. The van der Waals surface area contributed by atoms with Gasteiger partial charge in [0.1, 0.15) is 5.75 Å². The van der Waals surface area contributed by atoms with Gasteiger partial charge in [0.25, 0.3) is 0 Å². The van der Waals surface area contributed by atoms with E-state index in [1.807, 2.05) is 43.3 Å². The smallest absolute Gasteiger partial charge is 0.161 e. The summed E-state index contributed by atoms with van der Waals surface area (Å²) in [6.07, 6.45) is 1.52. The van der Waals surface area contributed by atoms with Gasteiger partial charge in [0.2, 0.25) is 0 Å². The molecule has 2 aromatic rings. The van der Waals surface area contributed by atoms with Crippen LogP contribution in [0.2, 0.25) is 0 Å². The molecule has 5 heteroatoms.